The molecule has 2 aromatic heterocycles. The van der Waals surface area contributed by atoms with E-state index in [4.69, 9.17) is 5.73 Å². The van der Waals surface area contributed by atoms with Crippen LogP contribution in [0, 0.1) is 0 Å². The Balaban J connectivity index is 2.18. The molecule has 0 aromatic carbocycles. The molecule has 3 rings (SSSR count). The summed E-state index contributed by atoms with van der Waals surface area (Å²) in [6.07, 6.45) is -1.57. The normalized spacial score (nSPS) is 17.1. The Labute approximate surface area is 101 Å². The summed E-state index contributed by atoms with van der Waals surface area (Å²) in [4.78, 5) is 7.72. The number of nitrogens with two attached hydrogens (primary N) is 1. The minimum Gasteiger partial charge on any atom is -0.369 e. The van der Waals surface area contributed by atoms with Gasteiger partial charge in [0.2, 0.25) is 5.95 Å². The molecule has 0 radical (unpaired) electrons. The van der Waals surface area contributed by atoms with E-state index in [-0.39, 0.29) is 17.6 Å². The minimum absolute atomic E-state index is 0.131. The molecular formula is C11H11F3N4. The van der Waals surface area contributed by atoms with E-state index in [0.29, 0.717) is 5.52 Å². The number of fused-ring (bicyclic) bond motifs is 1. The first-order valence-corrected chi connectivity index (χ1v) is 5.68. The fourth-order valence-corrected chi connectivity index (χ4v) is 2.15. The van der Waals surface area contributed by atoms with E-state index < -0.39 is 11.9 Å². The van der Waals surface area contributed by atoms with E-state index >= 15 is 0 Å². The third-order valence-corrected chi connectivity index (χ3v) is 3.29. The molecule has 2 N–H and O–H groups in total. The maximum absolute atomic E-state index is 12.6. The SMILES string of the molecule is Nc1nc2ccc(C(F)(F)F)nc2n1C1CCC1. The van der Waals surface area contributed by atoms with E-state index in [1.807, 2.05) is 0 Å². The summed E-state index contributed by atoms with van der Waals surface area (Å²) in [5.41, 5.74) is 5.48. The van der Waals surface area contributed by atoms with Gasteiger partial charge in [0.25, 0.3) is 0 Å². The maximum atomic E-state index is 12.6. The number of halogens is 3. The van der Waals surface area contributed by atoms with Gasteiger partial charge in [0.15, 0.2) is 5.65 Å². The lowest BCUT2D eigenvalue weighted by atomic mass is 9.93. The van der Waals surface area contributed by atoms with Crippen molar-refractivity contribution in [2.24, 2.45) is 0 Å². The van der Waals surface area contributed by atoms with Gasteiger partial charge in [-0.2, -0.15) is 13.2 Å². The molecule has 2 heterocycles. The number of imidazole rings is 1. The Bertz CT molecular complexity index is 598. The van der Waals surface area contributed by atoms with Crippen LogP contribution in [0.2, 0.25) is 0 Å². The molecule has 4 nitrogen and oxygen atoms in total. The van der Waals surface area contributed by atoms with Crippen LogP contribution in [0.25, 0.3) is 11.2 Å². The highest BCUT2D eigenvalue weighted by Crippen LogP contribution is 2.37. The summed E-state index contributed by atoms with van der Waals surface area (Å²) in [6.45, 7) is 0. The quantitative estimate of drug-likeness (QED) is 0.853. The Morgan fingerprint density at radius 1 is 1.22 bits per heavy atom. The zero-order valence-corrected chi connectivity index (χ0v) is 9.41. The standard InChI is InChI=1S/C11H11F3N4/c12-11(13,14)8-5-4-7-9(17-8)18(10(15)16-7)6-2-1-3-6/h4-6H,1-3H2,(H2,15,16). The molecule has 0 unspecified atom stereocenters. The van der Waals surface area contributed by atoms with Gasteiger partial charge >= 0.3 is 6.18 Å². The van der Waals surface area contributed by atoms with Crippen LogP contribution in [-0.2, 0) is 6.18 Å². The molecule has 2 aromatic rings. The van der Waals surface area contributed by atoms with Crippen molar-refractivity contribution in [3.05, 3.63) is 17.8 Å². The summed E-state index contributed by atoms with van der Waals surface area (Å²) < 4.78 is 39.5. The smallest absolute Gasteiger partial charge is 0.369 e. The molecule has 1 aliphatic carbocycles. The molecule has 7 heteroatoms. The van der Waals surface area contributed by atoms with Crippen molar-refractivity contribution < 1.29 is 13.2 Å². The van der Waals surface area contributed by atoms with Crippen LogP contribution in [-0.4, -0.2) is 14.5 Å². The molecule has 96 valence electrons. The largest absolute Gasteiger partial charge is 0.433 e. The first kappa shape index (κ1) is 11.3. The van der Waals surface area contributed by atoms with Crippen LogP contribution in [0.4, 0.5) is 19.1 Å². The molecule has 0 aliphatic heterocycles. The zero-order chi connectivity index (χ0) is 12.9. The van der Waals surface area contributed by atoms with Crippen molar-refractivity contribution in [2.45, 2.75) is 31.5 Å². The van der Waals surface area contributed by atoms with Crippen molar-refractivity contribution in [1.82, 2.24) is 14.5 Å². The predicted octanol–water partition coefficient (Wildman–Crippen LogP) is 2.76. The highest BCUT2D eigenvalue weighted by atomic mass is 19.4. The second-order valence-electron chi connectivity index (χ2n) is 4.46. The second-order valence-corrected chi connectivity index (χ2v) is 4.46. The van der Waals surface area contributed by atoms with Crippen LogP contribution in [0.1, 0.15) is 31.0 Å². The number of nitrogen functional groups attached to an aromatic ring is 1. The summed E-state index contributed by atoms with van der Waals surface area (Å²) in [5, 5.41) is 0. The fraction of sp³-hybridized carbons (Fsp3) is 0.455. The van der Waals surface area contributed by atoms with E-state index in [1.165, 1.54) is 6.07 Å². The molecular weight excluding hydrogens is 245 g/mol. The second kappa shape index (κ2) is 3.60. The molecule has 0 amide bonds. The third kappa shape index (κ3) is 1.61. The van der Waals surface area contributed by atoms with Gasteiger partial charge in [-0.3, -0.25) is 4.57 Å². The lowest BCUT2D eigenvalue weighted by Crippen LogP contribution is -2.19. The van der Waals surface area contributed by atoms with Gasteiger partial charge in [0.05, 0.1) is 0 Å². The summed E-state index contributed by atoms with van der Waals surface area (Å²) >= 11 is 0. The van der Waals surface area contributed by atoms with Gasteiger partial charge in [-0.15, -0.1) is 0 Å². The van der Waals surface area contributed by atoms with Crippen LogP contribution < -0.4 is 5.73 Å². The molecule has 0 spiro atoms. The Morgan fingerprint density at radius 2 is 1.94 bits per heavy atom. The van der Waals surface area contributed by atoms with Gasteiger partial charge in [-0.1, -0.05) is 0 Å². The Kier molecular flexibility index (Phi) is 2.26. The number of pyridine rings is 1. The molecule has 18 heavy (non-hydrogen) atoms. The molecule has 0 saturated heterocycles. The topological polar surface area (TPSA) is 56.7 Å². The summed E-state index contributed by atoms with van der Waals surface area (Å²) in [5.74, 6) is 0.238. The first-order chi connectivity index (χ1) is 8.47. The lowest BCUT2D eigenvalue weighted by molar-refractivity contribution is -0.141. The molecule has 0 atom stereocenters. The average molecular weight is 256 g/mol. The van der Waals surface area contributed by atoms with E-state index in [0.717, 1.165) is 25.3 Å². The van der Waals surface area contributed by atoms with Crippen molar-refractivity contribution in [2.75, 3.05) is 5.73 Å². The first-order valence-electron chi connectivity index (χ1n) is 5.68. The predicted molar refractivity (Wildman–Crippen MR) is 59.8 cm³/mol. The highest BCUT2D eigenvalue weighted by Gasteiger charge is 2.34. The number of aromatic nitrogens is 3. The third-order valence-electron chi connectivity index (χ3n) is 3.29. The molecule has 1 aliphatic rings. The van der Waals surface area contributed by atoms with Gasteiger partial charge in [0, 0.05) is 6.04 Å². The highest BCUT2D eigenvalue weighted by molar-refractivity contribution is 5.74. The summed E-state index contributed by atoms with van der Waals surface area (Å²) in [7, 11) is 0. The van der Waals surface area contributed by atoms with Gasteiger partial charge in [0.1, 0.15) is 11.2 Å². The van der Waals surface area contributed by atoms with Gasteiger partial charge in [-0.05, 0) is 31.4 Å². The summed E-state index contributed by atoms with van der Waals surface area (Å²) in [6, 6.07) is 2.38. The van der Waals surface area contributed by atoms with Crippen LogP contribution in [0.3, 0.4) is 0 Å². The van der Waals surface area contributed by atoms with Gasteiger partial charge in [-0.25, -0.2) is 9.97 Å². The Hall–Kier alpha value is -1.79. The van der Waals surface area contributed by atoms with E-state index in [9.17, 15) is 13.2 Å². The van der Waals surface area contributed by atoms with Crippen molar-refractivity contribution in [1.29, 1.82) is 0 Å². The number of anilines is 1. The number of alkyl halides is 3. The number of hydrogen-bond acceptors (Lipinski definition) is 3. The van der Waals surface area contributed by atoms with Crippen LogP contribution in [0.5, 0.6) is 0 Å². The minimum atomic E-state index is -4.45. The number of hydrogen-bond donors (Lipinski definition) is 1. The van der Waals surface area contributed by atoms with Crippen molar-refractivity contribution >= 4 is 17.1 Å². The maximum Gasteiger partial charge on any atom is 0.433 e. The van der Waals surface area contributed by atoms with E-state index in [1.54, 1.807) is 4.57 Å². The van der Waals surface area contributed by atoms with Crippen molar-refractivity contribution in [3.63, 3.8) is 0 Å². The van der Waals surface area contributed by atoms with Crippen LogP contribution in [0.15, 0.2) is 12.1 Å². The van der Waals surface area contributed by atoms with Crippen LogP contribution >= 0.6 is 0 Å². The van der Waals surface area contributed by atoms with E-state index in [2.05, 4.69) is 9.97 Å². The Morgan fingerprint density at radius 3 is 2.50 bits per heavy atom. The lowest BCUT2D eigenvalue weighted by Gasteiger charge is -2.27. The molecule has 0 bridgehead atoms. The van der Waals surface area contributed by atoms with Crippen molar-refractivity contribution in [3.8, 4) is 0 Å². The molecule has 1 fully saturated rings. The van der Waals surface area contributed by atoms with Gasteiger partial charge < -0.3 is 5.73 Å². The average Bonchev–Trinajstić information content (AvgIpc) is 2.51. The zero-order valence-electron chi connectivity index (χ0n) is 9.41. The molecule has 1 saturated carbocycles. The number of rotatable bonds is 1. The number of nitrogens with zero attached hydrogens (tertiary/aromatic N) is 3. The fourth-order valence-electron chi connectivity index (χ4n) is 2.15. The monoisotopic (exact) mass is 256 g/mol.